The molecular weight excluding hydrogens is 379 g/mol. The summed E-state index contributed by atoms with van der Waals surface area (Å²) in [7, 11) is 0. The second kappa shape index (κ2) is 6.20. The first-order chi connectivity index (χ1) is 9.04. The first-order valence-electron chi connectivity index (χ1n) is 5.23. The third-order valence-corrected chi connectivity index (χ3v) is 3.65. The second-order valence-corrected chi connectivity index (χ2v) is 5.79. The Labute approximate surface area is 127 Å². The standard InChI is InChI=1S/C12H9IN2O3S/c1-7-14-15-12(18-7)19-10(11(16)17)6-8-2-4-9(13)5-3-8/h2-6H,1H3,(H,16,17)/b10-6-. The van der Waals surface area contributed by atoms with Crippen molar-refractivity contribution in [3.05, 3.63) is 44.2 Å². The number of aryl methyl sites for hydroxylation is 1. The van der Waals surface area contributed by atoms with Gasteiger partial charge in [0.05, 0.1) is 0 Å². The Kier molecular flexibility index (Phi) is 4.59. The molecule has 1 aromatic carbocycles. The van der Waals surface area contributed by atoms with Crippen LogP contribution < -0.4 is 0 Å². The largest absolute Gasteiger partial charge is 0.477 e. The van der Waals surface area contributed by atoms with Crippen molar-refractivity contribution in [3.63, 3.8) is 0 Å². The van der Waals surface area contributed by atoms with Crippen molar-refractivity contribution in [2.45, 2.75) is 12.1 Å². The zero-order valence-corrected chi connectivity index (χ0v) is 12.8. The zero-order valence-electron chi connectivity index (χ0n) is 9.83. The van der Waals surface area contributed by atoms with Gasteiger partial charge in [-0.25, -0.2) is 4.79 Å². The van der Waals surface area contributed by atoms with Gasteiger partial charge in [-0.3, -0.25) is 0 Å². The molecule has 0 aliphatic rings. The average Bonchev–Trinajstić information content (AvgIpc) is 2.76. The molecule has 1 N–H and O–H groups in total. The summed E-state index contributed by atoms with van der Waals surface area (Å²) in [5, 5.41) is 16.8. The normalized spacial score (nSPS) is 11.6. The van der Waals surface area contributed by atoms with Gasteiger partial charge in [0.1, 0.15) is 4.91 Å². The number of aliphatic carboxylic acids is 1. The molecule has 0 aliphatic heterocycles. The van der Waals surface area contributed by atoms with E-state index in [-0.39, 0.29) is 10.1 Å². The first kappa shape index (κ1) is 14.1. The van der Waals surface area contributed by atoms with Crippen molar-refractivity contribution in [3.8, 4) is 0 Å². The lowest BCUT2D eigenvalue weighted by Crippen LogP contribution is -1.96. The van der Waals surface area contributed by atoms with E-state index in [0.29, 0.717) is 5.89 Å². The lowest BCUT2D eigenvalue weighted by molar-refractivity contribution is -0.131. The molecule has 2 rings (SSSR count). The maximum atomic E-state index is 11.2. The van der Waals surface area contributed by atoms with E-state index >= 15 is 0 Å². The van der Waals surface area contributed by atoms with E-state index in [2.05, 4.69) is 32.8 Å². The predicted molar refractivity (Wildman–Crippen MR) is 79.7 cm³/mol. The van der Waals surface area contributed by atoms with Crippen LogP contribution in [0.3, 0.4) is 0 Å². The predicted octanol–water partition coefficient (Wildman–Crippen LogP) is 3.20. The van der Waals surface area contributed by atoms with Gasteiger partial charge in [-0.15, -0.1) is 10.2 Å². The molecule has 0 bridgehead atoms. The van der Waals surface area contributed by atoms with Gasteiger partial charge in [0.15, 0.2) is 0 Å². The van der Waals surface area contributed by atoms with E-state index in [0.717, 1.165) is 20.9 Å². The van der Waals surface area contributed by atoms with Crippen LogP contribution in [0.15, 0.2) is 38.8 Å². The number of hydrogen-bond acceptors (Lipinski definition) is 5. The Morgan fingerprint density at radius 3 is 2.58 bits per heavy atom. The minimum atomic E-state index is -1.03. The van der Waals surface area contributed by atoms with Crippen LogP contribution >= 0.6 is 34.4 Å². The summed E-state index contributed by atoms with van der Waals surface area (Å²) in [4.78, 5) is 11.3. The van der Waals surface area contributed by atoms with Crippen LogP contribution in [0.2, 0.25) is 0 Å². The molecule has 0 saturated heterocycles. The fraction of sp³-hybridized carbons (Fsp3) is 0.0833. The number of hydrogen-bond donors (Lipinski definition) is 1. The maximum absolute atomic E-state index is 11.2. The second-order valence-electron chi connectivity index (χ2n) is 3.55. The minimum absolute atomic E-state index is 0.129. The molecule has 0 amide bonds. The molecule has 0 spiro atoms. The summed E-state index contributed by atoms with van der Waals surface area (Å²) in [6.07, 6.45) is 1.57. The molecule has 98 valence electrons. The van der Waals surface area contributed by atoms with Crippen molar-refractivity contribution in [2.75, 3.05) is 0 Å². The van der Waals surface area contributed by atoms with E-state index in [1.807, 2.05) is 24.3 Å². The molecule has 2 aromatic rings. The highest BCUT2D eigenvalue weighted by Gasteiger charge is 2.14. The Morgan fingerprint density at radius 2 is 2.05 bits per heavy atom. The number of thioether (sulfide) groups is 1. The molecule has 5 nitrogen and oxygen atoms in total. The van der Waals surface area contributed by atoms with Crippen LogP contribution in [0.4, 0.5) is 0 Å². The van der Waals surface area contributed by atoms with E-state index < -0.39 is 5.97 Å². The smallest absolute Gasteiger partial charge is 0.342 e. The first-order valence-corrected chi connectivity index (χ1v) is 7.12. The third-order valence-electron chi connectivity index (χ3n) is 2.08. The zero-order chi connectivity index (χ0) is 13.8. The lowest BCUT2D eigenvalue weighted by atomic mass is 10.2. The fourth-order valence-electron chi connectivity index (χ4n) is 1.26. The number of halogens is 1. The Bertz CT molecular complexity index is 622. The molecule has 0 radical (unpaired) electrons. The van der Waals surface area contributed by atoms with Gasteiger partial charge in [0, 0.05) is 10.5 Å². The van der Waals surface area contributed by atoms with Crippen LogP contribution in [0.5, 0.6) is 0 Å². The summed E-state index contributed by atoms with van der Waals surface area (Å²) < 4.78 is 6.25. The van der Waals surface area contributed by atoms with Crippen molar-refractivity contribution in [2.24, 2.45) is 0 Å². The number of carbonyl (C=O) groups is 1. The van der Waals surface area contributed by atoms with Gasteiger partial charge >= 0.3 is 5.97 Å². The van der Waals surface area contributed by atoms with Gasteiger partial charge in [-0.1, -0.05) is 12.1 Å². The maximum Gasteiger partial charge on any atom is 0.342 e. The molecule has 0 saturated carbocycles. The highest BCUT2D eigenvalue weighted by molar-refractivity contribution is 14.1. The van der Waals surface area contributed by atoms with Crippen molar-refractivity contribution in [1.82, 2.24) is 10.2 Å². The van der Waals surface area contributed by atoms with Crippen LogP contribution in [0, 0.1) is 10.5 Å². The van der Waals surface area contributed by atoms with Gasteiger partial charge in [-0.2, -0.15) is 0 Å². The molecule has 1 aromatic heterocycles. The molecule has 0 unspecified atom stereocenters. The van der Waals surface area contributed by atoms with Gasteiger partial charge < -0.3 is 9.52 Å². The molecule has 1 heterocycles. The number of benzene rings is 1. The van der Waals surface area contributed by atoms with Crippen LogP contribution in [-0.2, 0) is 4.79 Å². The number of aromatic nitrogens is 2. The SMILES string of the molecule is Cc1nnc(S/C(=C\c2ccc(I)cc2)C(=O)O)o1. The highest BCUT2D eigenvalue weighted by atomic mass is 127. The summed E-state index contributed by atoms with van der Waals surface area (Å²) in [5.74, 6) is -0.624. The number of rotatable bonds is 4. The van der Waals surface area contributed by atoms with Crippen molar-refractivity contribution in [1.29, 1.82) is 0 Å². The molecule has 7 heteroatoms. The Morgan fingerprint density at radius 1 is 1.37 bits per heavy atom. The summed E-state index contributed by atoms with van der Waals surface area (Å²) >= 11 is 3.13. The fourth-order valence-corrected chi connectivity index (χ4v) is 2.33. The molecular formula is C12H9IN2O3S. The molecule has 0 fully saturated rings. The summed E-state index contributed by atoms with van der Waals surface area (Å²) in [6, 6.07) is 7.52. The molecule has 0 aliphatic carbocycles. The number of nitrogens with zero attached hydrogens (tertiary/aromatic N) is 2. The van der Waals surface area contributed by atoms with Crippen LogP contribution in [0.1, 0.15) is 11.5 Å². The molecule has 19 heavy (non-hydrogen) atoms. The van der Waals surface area contributed by atoms with Crippen LogP contribution in [0.25, 0.3) is 6.08 Å². The summed E-state index contributed by atoms with van der Waals surface area (Å²) in [5.41, 5.74) is 0.807. The van der Waals surface area contributed by atoms with Crippen molar-refractivity contribution >= 4 is 46.4 Å². The van der Waals surface area contributed by atoms with E-state index in [4.69, 9.17) is 4.42 Å². The van der Waals surface area contributed by atoms with Crippen LogP contribution in [-0.4, -0.2) is 21.3 Å². The molecule has 0 atom stereocenters. The highest BCUT2D eigenvalue weighted by Crippen LogP contribution is 2.27. The summed E-state index contributed by atoms with van der Waals surface area (Å²) in [6.45, 7) is 1.65. The number of carboxylic acid groups (broad SMARTS) is 1. The van der Waals surface area contributed by atoms with Gasteiger partial charge in [0.25, 0.3) is 5.22 Å². The van der Waals surface area contributed by atoms with Crippen molar-refractivity contribution < 1.29 is 14.3 Å². The Hall–Kier alpha value is -1.35. The quantitative estimate of drug-likeness (QED) is 0.493. The van der Waals surface area contributed by atoms with E-state index in [9.17, 15) is 9.90 Å². The third kappa shape index (κ3) is 4.06. The topological polar surface area (TPSA) is 76.2 Å². The number of carboxylic acids is 1. The average molecular weight is 388 g/mol. The monoisotopic (exact) mass is 388 g/mol. The Balaban J connectivity index is 2.24. The van der Waals surface area contributed by atoms with Gasteiger partial charge in [-0.05, 0) is 58.1 Å². The van der Waals surface area contributed by atoms with E-state index in [1.165, 1.54) is 0 Å². The minimum Gasteiger partial charge on any atom is -0.477 e. The van der Waals surface area contributed by atoms with Gasteiger partial charge in [0.2, 0.25) is 5.89 Å². The van der Waals surface area contributed by atoms with E-state index in [1.54, 1.807) is 13.0 Å². The lowest BCUT2D eigenvalue weighted by Gasteiger charge is -1.99.